The third-order valence-corrected chi connectivity index (χ3v) is 1.91. The molecule has 0 aliphatic carbocycles. The largest absolute Gasteiger partial charge is 0.506 e. The molecule has 0 spiro atoms. The van der Waals surface area contributed by atoms with Gasteiger partial charge in [0.05, 0.1) is 18.9 Å². The maximum Gasteiger partial charge on any atom is 0.145 e. The highest BCUT2D eigenvalue weighted by atomic mass is 16.6. The molecule has 0 aromatic heterocycles. The molecular formula is C9H11NO3. The van der Waals surface area contributed by atoms with Crippen LogP contribution in [-0.2, 0) is 4.74 Å². The quantitative estimate of drug-likeness (QED) is 0.522. The van der Waals surface area contributed by atoms with E-state index in [2.05, 4.69) is 0 Å². The molecule has 4 heteroatoms. The Morgan fingerprint density at radius 3 is 2.77 bits per heavy atom. The van der Waals surface area contributed by atoms with Crippen molar-refractivity contribution >= 4 is 5.69 Å². The fraction of sp³-hybridized carbons (Fsp3) is 0.333. The first-order chi connectivity index (χ1) is 6.25. The van der Waals surface area contributed by atoms with Crippen molar-refractivity contribution in [1.82, 2.24) is 0 Å². The highest BCUT2D eigenvalue weighted by Crippen LogP contribution is 2.26. The van der Waals surface area contributed by atoms with Crippen LogP contribution in [0.2, 0.25) is 0 Å². The summed E-state index contributed by atoms with van der Waals surface area (Å²) >= 11 is 0. The van der Waals surface area contributed by atoms with Gasteiger partial charge >= 0.3 is 0 Å². The lowest BCUT2D eigenvalue weighted by Gasteiger charge is -2.26. The monoisotopic (exact) mass is 181 g/mol. The lowest BCUT2D eigenvalue weighted by Crippen LogP contribution is -2.38. The van der Waals surface area contributed by atoms with E-state index in [1.165, 1.54) is 6.07 Å². The second kappa shape index (κ2) is 3.14. The second-order valence-electron chi connectivity index (χ2n) is 3.00. The predicted molar refractivity (Wildman–Crippen MR) is 47.8 cm³/mol. The van der Waals surface area contributed by atoms with Crippen molar-refractivity contribution in [2.45, 2.75) is 6.10 Å². The number of ether oxygens (including phenoxy) is 2. The average Bonchev–Trinajstić information content (AvgIpc) is 2.04. The van der Waals surface area contributed by atoms with Gasteiger partial charge in [-0.05, 0) is 12.1 Å². The number of hydrogen-bond acceptors (Lipinski definition) is 4. The first-order valence-electron chi connectivity index (χ1n) is 4.08. The van der Waals surface area contributed by atoms with E-state index < -0.39 is 0 Å². The lowest BCUT2D eigenvalue weighted by atomic mass is 10.2. The Morgan fingerprint density at radius 1 is 1.46 bits per heavy atom. The summed E-state index contributed by atoms with van der Waals surface area (Å²) in [5, 5.41) is 9.14. The van der Waals surface area contributed by atoms with Crippen molar-refractivity contribution in [2.24, 2.45) is 0 Å². The van der Waals surface area contributed by atoms with Crippen LogP contribution in [0.25, 0.3) is 0 Å². The third-order valence-electron chi connectivity index (χ3n) is 1.91. The summed E-state index contributed by atoms with van der Waals surface area (Å²) in [6.45, 7) is 1.25. The summed E-state index contributed by atoms with van der Waals surface area (Å²) in [7, 11) is 0. The Hall–Kier alpha value is -1.42. The van der Waals surface area contributed by atoms with Crippen molar-refractivity contribution in [3.63, 3.8) is 0 Å². The minimum Gasteiger partial charge on any atom is -0.506 e. The van der Waals surface area contributed by atoms with Gasteiger partial charge in [0.2, 0.25) is 0 Å². The van der Waals surface area contributed by atoms with E-state index in [9.17, 15) is 0 Å². The summed E-state index contributed by atoms with van der Waals surface area (Å²) < 4.78 is 10.4. The fourth-order valence-corrected chi connectivity index (χ4v) is 1.08. The van der Waals surface area contributed by atoms with Crippen molar-refractivity contribution < 1.29 is 14.6 Å². The van der Waals surface area contributed by atoms with Gasteiger partial charge in [-0.3, -0.25) is 0 Å². The molecule has 0 bridgehead atoms. The summed E-state index contributed by atoms with van der Waals surface area (Å²) in [5.41, 5.74) is 5.83. The van der Waals surface area contributed by atoms with Gasteiger partial charge in [0.1, 0.15) is 17.6 Å². The van der Waals surface area contributed by atoms with Crippen LogP contribution in [-0.4, -0.2) is 24.4 Å². The van der Waals surface area contributed by atoms with Gasteiger partial charge in [0, 0.05) is 6.07 Å². The molecule has 13 heavy (non-hydrogen) atoms. The number of aromatic hydroxyl groups is 1. The Labute approximate surface area is 75.9 Å². The maximum absolute atomic E-state index is 9.14. The van der Waals surface area contributed by atoms with E-state index >= 15 is 0 Å². The van der Waals surface area contributed by atoms with Crippen LogP contribution < -0.4 is 10.5 Å². The van der Waals surface area contributed by atoms with Gasteiger partial charge in [-0.1, -0.05) is 0 Å². The van der Waals surface area contributed by atoms with Crippen LogP contribution >= 0.6 is 0 Å². The molecule has 3 N–H and O–H groups in total. The molecular weight excluding hydrogens is 170 g/mol. The van der Waals surface area contributed by atoms with Gasteiger partial charge < -0.3 is 20.3 Å². The molecule has 1 saturated heterocycles. The van der Waals surface area contributed by atoms with E-state index in [0.29, 0.717) is 24.7 Å². The molecule has 1 heterocycles. The zero-order valence-corrected chi connectivity index (χ0v) is 7.06. The van der Waals surface area contributed by atoms with E-state index in [-0.39, 0.29) is 11.9 Å². The Morgan fingerprint density at radius 2 is 2.23 bits per heavy atom. The smallest absolute Gasteiger partial charge is 0.145 e. The van der Waals surface area contributed by atoms with Crippen LogP contribution in [0.4, 0.5) is 5.69 Å². The lowest BCUT2D eigenvalue weighted by molar-refractivity contribution is -0.0796. The third kappa shape index (κ3) is 1.67. The Balaban J connectivity index is 2.07. The molecule has 0 radical (unpaired) electrons. The van der Waals surface area contributed by atoms with Crippen molar-refractivity contribution in [2.75, 3.05) is 18.9 Å². The molecule has 1 aromatic rings. The molecule has 1 aliphatic rings. The predicted octanol–water partition coefficient (Wildman–Crippen LogP) is 0.752. The molecule has 0 unspecified atom stereocenters. The molecule has 1 aromatic carbocycles. The van der Waals surface area contributed by atoms with Gasteiger partial charge in [0.25, 0.3) is 0 Å². The average molecular weight is 181 g/mol. The number of benzene rings is 1. The Bertz CT molecular complexity index is 310. The maximum atomic E-state index is 9.14. The molecule has 1 aliphatic heterocycles. The van der Waals surface area contributed by atoms with Crippen molar-refractivity contribution in [3.8, 4) is 11.5 Å². The number of anilines is 1. The Kier molecular flexibility index (Phi) is 1.98. The van der Waals surface area contributed by atoms with Gasteiger partial charge in [-0.2, -0.15) is 0 Å². The zero-order chi connectivity index (χ0) is 9.26. The molecule has 70 valence electrons. The first-order valence-corrected chi connectivity index (χ1v) is 4.08. The van der Waals surface area contributed by atoms with Crippen molar-refractivity contribution in [3.05, 3.63) is 18.2 Å². The standard InChI is InChI=1S/C9H11NO3/c10-8-3-6(1-2-9(8)11)13-7-4-12-5-7/h1-3,7,11H,4-5,10H2. The highest BCUT2D eigenvalue weighted by Gasteiger charge is 2.20. The van der Waals surface area contributed by atoms with E-state index in [4.69, 9.17) is 20.3 Å². The fourth-order valence-electron chi connectivity index (χ4n) is 1.08. The molecule has 0 saturated carbocycles. The van der Waals surface area contributed by atoms with Gasteiger partial charge in [-0.15, -0.1) is 0 Å². The van der Waals surface area contributed by atoms with Crippen LogP contribution in [0.1, 0.15) is 0 Å². The number of hydrogen-bond donors (Lipinski definition) is 2. The van der Waals surface area contributed by atoms with E-state index in [1.54, 1.807) is 12.1 Å². The molecule has 0 amide bonds. The van der Waals surface area contributed by atoms with Crippen LogP contribution in [0, 0.1) is 0 Å². The number of phenols is 1. The van der Waals surface area contributed by atoms with Gasteiger partial charge in [0.15, 0.2) is 0 Å². The number of rotatable bonds is 2. The summed E-state index contributed by atoms with van der Waals surface area (Å²) in [6.07, 6.45) is 0.129. The molecule has 1 fully saturated rings. The number of nitrogens with two attached hydrogens (primary N) is 1. The van der Waals surface area contributed by atoms with Crippen LogP contribution in [0.3, 0.4) is 0 Å². The summed E-state index contributed by atoms with van der Waals surface area (Å²) in [6, 6.07) is 4.81. The molecule has 4 nitrogen and oxygen atoms in total. The normalized spacial score (nSPS) is 16.6. The van der Waals surface area contributed by atoms with Crippen molar-refractivity contribution in [1.29, 1.82) is 0 Å². The summed E-state index contributed by atoms with van der Waals surface area (Å²) in [5.74, 6) is 0.751. The minimum atomic E-state index is 0.0807. The molecule has 2 rings (SSSR count). The van der Waals surface area contributed by atoms with E-state index in [1.807, 2.05) is 0 Å². The molecule has 0 atom stereocenters. The van der Waals surface area contributed by atoms with Crippen LogP contribution in [0.5, 0.6) is 11.5 Å². The van der Waals surface area contributed by atoms with Gasteiger partial charge in [-0.25, -0.2) is 0 Å². The highest BCUT2D eigenvalue weighted by molar-refractivity contribution is 5.55. The zero-order valence-electron chi connectivity index (χ0n) is 7.06. The number of nitrogen functional groups attached to an aromatic ring is 1. The topological polar surface area (TPSA) is 64.7 Å². The SMILES string of the molecule is Nc1cc(OC2COC2)ccc1O. The van der Waals surface area contributed by atoms with Crippen LogP contribution in [0.15, 0.2) is 18.2 Å². The second-order valence-corrected chi connectivity index (χ2v) is 3.00. The minimum absolute atomic E-state index is 0.0807. The summed E-state index contributed by atoms with van der Waals surface area (Å²) in [4.78, 5) is 0. The first kappa shape index (κ1) is 8.19. The van der Waals surface area contributed by atoms with E-state index in [0.717, 1.165) is 0 Å². The number of phenolic OH excluding ortho intramolecular Hbond substituents is 1.